The van der Waals surface area contributed by atoms with Gasteiger partial charge < -0.3 is 9.84 Å². The van der Waals surface area contributed by atoms with Crippen molar-refractivity contribution < 1.29 is 18.3 Å². The number of phenols is 1. The van der Waals surface area contributed by atoms with E-state index in [0.29, 0.717) is 16.6 Å². The Morgan fingerprint density at radius 2 is 2.24 bits per heavy atom. The van der Waals surface area contributed by atoms with Gasteiger partial charge in [0.2, 0.25) is 0 Å². The molecule has 0 aliphatic rings. The van der Waals surface area contributed by atoms with Crippen molar-refractivity contribution >= 4 is 43.5 Å². The minimum Gasteiger partial charge on any atom is -0.503 e. The molecule has 1 heterocycles. The van der Waals surface area contributed by atoms with Crippen LogP contribution in [0.25, 0.3) is 0 Å². The maximum atomic E-state index is 11.9. The molecule has 0 radical (unpaired) electrons. The molecule has 0 saturated heterocycles. The van der Waals surface area contributed by atoms with E-state index in [4.69, 9.17) is 4.74 Å². The summed E-state index contributed by atoms with van der Waals surface area (Å²) in [6, 6.07) is 6.23. The van der Waals surface area contributed by atoms with Gasteiger partial charge in [0.25, 0.3) is 10.0 Å². The highest BCUT2D eigenvalue weighted by Crippen LogP contribution is 2.35. The first-order chi connectivity index (χ1) is 9.94. The molecule has 1 aromatic heterocycles. The third-order valence-corrected chi connectivity index (χ3v) is 5.65. The Hall–Kier alpha value is -1.38. The first kappa shape index (κ1) is 16.0. The van der Waals surface area contributed by atoms with Crippen molar-refractivity contribution in [3.8, 4) is 11.5 Å². The van der Waals surface area contributed by atoms with Crippen LogP contribution >= 0.6 is 27.3 Å². The number of halogens is 1. The highest BCUT2D eigenvalue weighted by Gasteiger charge is 2.13. The Morgan fingerprint density at radius 1 is 1.48 bits per heavy atom. The molecule has 0 spiro atoms. The lowest BCUT2D eigenvalue weighted by atomic mass is 10.2. The molecule has 21 heavy (non-hydrogen) atoms. The number of phenolic OH excluding ortho intramolecular Hbond substituents is 1. The average Bonchev–Trinajstić information content (AvgIpc) is 2.97. The van der Waals surface area contributed by atoms with Crippen LogP contribution in [0.3, 0.4) is 0 Å². The van der Waals surface area contributed by atoms with Crippen molar-refractivity contribution in [1.82, 2.24) is 0 Å². The summed E-state index contributed by atoms with van der Waals surface area (Å²) in [4.78, 5) is 0. The lowest BCUT2D eigenvalue weighted by Crippen LogP contribution is -1.97. The zero-order chi connectivity index (χ0) is 15.5. The van der Waals surface area contributed by atoms with E-state index in [0.717, 1.165) is 11.3 Å². The fourth-order valence-corrected chi connectivity index (χ4v) is 3.83. The number of aromatic hydroxyl groups is 1. The van der Waals surface area contributed by atoms with Crippen LogP contribution in [0.4, 0.5) is 0 Å². The van der Waals surface area contributed by atoms with Crippen LogP contribution in [0.5, 0.6) is 11.5 Å². The SMILES string of the molecule is CCOc1cc(C=NS(=O)(=O)c2cccs2)cc(Br)c1O. The van der Waals surface area contributed by atoms with Crippen LogP contribution in [0.15, 0.2) is 42.7 Å². The van der Waals surface area contributed by atoms with Gasteiger partial charge in [-0.1, -0.05) is 6.07 Å². The monoisotopic (exact) mass is 389 g/mol. The molecular formula is C13H12BrNO4S2. The molecule has 5 nitrogen and oxygen atoms in total. The van der Waals surface area contributed by atoms with Crippen LogP contribution in [0.2, 0.25) is 0 Å². The quantitative estimate of drug-likeness (QED) is 0.794. The smallest absolute Gasteiger partial charge is 0.291 e. The van der Waals surface area contributed by atoms with Crippen molar-refractivity contribution in [3.05, 3.63) is 39.7 Å². The van der Waals surface area contributed by atoms with Gasteiger partial charge in [-0.15, -0.1) is 11.3 Å². The van der Waals surface area contributed by atoms with E-state index in [1.54, 1.807) is 24.4 Å². The average molecular weight is 390 g/mol. The van der Waals surface area contributed by atoms with Gasteiger partial charge in [0.15, 0.2) is 11.5 Å². The van der Waals surface area contributed by atoms with E-state index in [-0.39, 0.29) is 15.7 Å². The third-order valence-electron chi connectivity index (χ3n) is 2.44. The molecule has 0 amide bonds. The van der Waals surface area contributed by atoms with Crippen molar-refractivity contribution in [1.29, 1.82) is 0 Å². The summed E-state index contributed by atoms with van der Waals surface area (Å²) in [6.07, 6.45) is 1.22. The van der Waals surface area contributed by atoms with Crippen LogP contribution in [0, 0.1) is 0 Å². The first-order valence-corrected chi connectivity index (χ1v) is 9.04. The molecule has 0 aliphatic heterocycles. The van der Waals surface area contributed by atoms with E-state index in [1.165, 1.54) is 18.3 Å². The van der Waals surface area contributed by atoms with E-state index >= 15 is 0 Å². The van der Waals surface area contributed by atoms with Crippen LogP contribution < -0.4 is 4.74 Å². The molecule has 1 aromatic carbocycles. The minimum absolute atomic E-state index is 0.0323. The van der Waals surface area contributed by atoms with Crippen molar-refractivity contribution in [2.24, 2.45) is 4.40 Å². The molecule has 0 bridgehead atoms. The Labute approximate surface area is 135 Å². The number of hydrogen-bond acceptors (Lipinski definition) is 5. The fourth-order valence-electron chi connectivity index (χ4n) is 1.53. The second-order valence-electron chi connectivity index (χ2n) is 3.92. The highest BCUT2D eigenvalue weighted by molar-refractivity contribution is 9.10. The van der Waals surface area contributed by atoms with Crippen molar-refractivity contribution in [2.75, 3.05) is 6.61 Å². The number of nitrogens with zero attached hydrogens (tertiary/aromatic N) is 1. The van der Waals surface area contributed by atoms with Crippen LogP contribution in [-0.2, 0) is 10.0 Å². The number of rotatable bonds is 5. The number of hydrogen-bond donors (Lipinski definition) is 1. The number of benzene rings is 1. The predicted molar refractivity (Wildman–Crippen MR) is 86.1 cm³/mol. The summed E-state index contributed by atoms with van der Waals surface area (Å²) in [5.41, 5.74) is 0.503. The van der Waals surface area contributed by atoms with E-state index < -0.39 is 10.0 Å². The summed E-state index contributed by atoms with van der Waals surface area (Å²) in [5, 5.41) is 11.5. The lowest BCUT2D eigenvalue weighted by Gasteiger charge is -2.08. The summed E-state index contributed by atoms with van der Waals surface area (Å²) >= 11 is 4.29. The van der Waals surface area contributed by atoms with Gasteiger partial charge >= 0.3 is 0 Å². The van der Waals surface area contributed by atoms with Gasteiger partial charge in [0, 0.05) is 6.21 Å². The zero-order valence-electron chi connectivity index (χ0n) is 11.0. The standard InChI is InChI=1S/C13H12BrNO4S2/c1-2-19-11-7-9(6-10(14)13(11)16)8-15-21(17,18)12-4-3-5-20-12/h3-8,16H,2H2,1H3. The molecule has 0 atom stereocenters. The highest BCUT2D eigenvalue weighted by atomic mass is 79.9. The van der Waals surface area contributed by atoms with Gasteiger partial charge in [-0.05, 0) is 52.0 Å². The molecule has 2 rings (SSSR count). The number of sulfonamides is 1. The molecule has 1 N–H and O–H groups in total. The molecule has 0 unspecified atom stereocenters. The lowest BCUT2D eigenvalue weighted by molar-refractivity contribution is 0.317. The van der Waals surface area contributed by atoms with Gasteiger partial charge in [-0.25, -0.2) is 0 Å². The maximum absolute atomic E-state index is 11.9. The van der Waals surface area contributed by atoms with E-state index in [1.807, 2.05) is 0 Å². The van der Waals surface area contributed by atoms with E-state index in [2.05, 4.69) is 20.3 Å². The second kappa shape index (κ2) is 6.59. The van der Waals surface area contributed by atoms with Crippen LogP contribution in [-0.4, -0.2) is 26.3 Å². The zero-order valence-corrected chi connectivity index (χ0v) is 14.2. The fraction of sp³-hybridized carbons (Fsp3) is 0.154. The topological polar surface area (TPSA) is 76.0 Å². The number of ether oxygens (including phenoxy) is 1. The van der Waals surface area contributed by atoms with Gasteiger partial charge in [0.05, 0.1) is 11.1 Å². The van der Waals surface area contributed by atoms with Gasteiger partial charge in [-0.2, -0.15) is 12.8 Å². The van der Waals surface area contributed by atoms with Crippen molar-refractivity contribution in [3.63, 3.8) is 0 Å². The Balaban J connectivity index is 2.34. The second-order valence-corrected chi connectivity index (χ2v) is 7.59. The summed E-state index contributed by atoms with van der Waals surface area (Å²) in [7, 11) is -3.69. The van der Waals surface area contributed by atoms with E-state index in [9.17, 15) is 13.5 Å². The molecule has 0 fully saturated rings. The molecule has 2 aromatic rings. The van der Waals surface area contributed by atoms with Crippen molar-refractivity contribution in [2.45, 2.75) is 11.1 Å². The molecule has 8 heteroatoms. The third kappa shape index (κ3) is 3.84. The summed E-state index contributed by atoms with van der Waals surface area (Å²) in [5.74, 6) is 0.233. The Kier molecular flexibility index (Phi) is 5.02. The molecule has 0 aliphatic carbocycles. The maximum Gasteiger partial charge on any atom is 0.291 e. The Morgan fingerprint density at radius 3 is 2.86 bits per heavy atom. The minimum atomic E-state index is -3.69. The Bertz CT molecular complexity index is 755. The summed E-state index contributed by atoms with van der Waals surface area (Å²) < 4.78 is 33.4. The normalized spacial score (nSPS) is 11.9. The molecule has 112 valence electrons. The van der Waals surface area contributed by atoms with Crippen LogP contribution in [0.1, 0.15) is 12.5 Å². The largest absolute Gasteiger partial charge is 0.503 e. The predicted octanol–water partition coefficient (Wildman–Crippen LogP) is 3.42. The molecular weight excluding hydrogens is 378 g/mol. The number of thiophene rings is 1. The molecule has 0 saturated carbocycles. The van der Waals surface area contributed by atoms with Gasteiger partial charge in [0.1, 0.15) is 4.21 Å². The van der Waals surface area contributed by atoms with Gasteiger partial charge in [-0.3, -0.25) is 0 Å². The summed E-state index contributed by atoms with van der Waals surface area (Å²) in [6.45, 7) is 2.17. The first-order valence-electron chi connectivity index (χ1n) is 5.93.